The maximum Gasteiger partial charge on any atom is 0.137 e. The molecule has 2 heterocycles. The summed E-state index contributed by atoms with van der Waals surface area (Å²) in [5.74, 6) is 1.25. The van der Waals surface area contributed by atoms with E-state index in [4.69, 9.17) is 4.42 Å². The first-order valence-electron chi connectivity index (χ1n) is 6.15. The van der Waals surface area contributed by atoms with Gasteiger partial charge in [0.25, 0.3) is 0 Å². The van der Waals surface area contributed by atoms with Crippen molar-refractivity contribution in [2.45, 2.75) is 25.7 Å². The van der Waals surface area contributed by atoms with E-state index in [2.05, 4.69) is 5.32 Å². The molecule has 3 rings (SSSR count). The molecule has 1 N–H and O–H groups in total. The van der Waals surface area contributed by atoms with E-state index in [1.165, 1.54) is 17.7 Å². The third kappa shape index (κ3) is 2.25. The van der Waals surface area contributed by atoms with Gasteiger partial charge in [0.2, 0.25) is 0 Å². The van der Waals surface area contributed by atoms with Gasteiger partial charge in [-0.1, -0.05) is 0 Å². The van der Waals surface area contributed by atoms with Crippen LogP contribution in [0.25, 0.3) is 11.0 Å². The van der Waals surface area contributed by atoms with E-state index in [1.54, 1.807) is 0 Å². The Kier molecular flexibility index (Phi) is 3.93. The van der Waals surface area contributed by atoms with Crippen LogP contribution in [0.15, 0.2) is 22.6 Å². The fourth-order valence-electron chi connectivity index (χ4n) is 2.83. The third-order valence-corrected chi connectivity index (χ3v) is 3.62. The summed E-state index contributed by atoms with van der Waals surface area (Å²) >= 11 is 0. The number of benzene rings is 1. The zero-order chi connectivity index (χ0) is 11.8. The van der Waals surface area contributed by atoms with Crippen molar-refractivity contribution in [3.63, 3.8) is 0 Å². The van der Waals surface area contributed by atoms with Crippen molar-refractivity contribution in [3.8, 4) is 0 Å². The number of nitrogens with one attached hydrogen (secondary N) is 1. The van der Waals surface area contributed by atoms with Crippen LogP contribution < -0.4 is 5.32 Å². The van der Waals surface area contributed by atoms with Gasteiger partial charge in [0.15, 0.2) is 0 Å². The van der Waals surface area contributed by atoms with Gasteiger partial charge in [-0.3, -0.25) is 0 Å². The van der Waals surface area contributed by atoms with Crippen molar-refractivity contribution >= 4 is 23.4 Å². The van der Waals surface area contributed by atoms with E-state index in [1.807, 2.05) is 13.0 Å². The smallest absolute Gasteiger partial charge is 0.137 e. The Morgan fingerprint density at radius 1 is 1.28 bits per heavy atom. The minimum absolute atomic E-state index is 0. The Morgan fingerprint density at radius 2 is 2.00 bits per heavy atom. The predicted molar refractivity (Wildman–Crippen MR) is 73.0 cm³/mol. The SMILES string of the molecule is Cc1oc2cc(F)ccc2c1C1CCNCC1.Cl. The van der Waals surface area contributed by atoms with E-state index in [-0.39, 0.29) is 18.2 Å². The van der Waals surface area contributed by atoms with Crippen molar-refractivity contribution in [2.24, 2.45) is 0 Å². The molecule has 1 aliphatic heterocycles. The number of hydrogen-bond acceptors (Lipinski definition) is 2. The van der Waals surface area contributed by atoms with Gasteiger partial charge in [-0.15, -0.1) is 12.4 Å². The van der Waals surface area contributed by atoms with Crippen molar-refractivity contribution in [1.29, 1.82) is 0 Å². The normalized spacial score (nSPS) is 16.8. The highest BCUT2D eigenvalue weighted by atomic mass is 35.5. The summed E-state index contributed by atoms with van der Waals surface area (Å²) in [6, 6.07) is 4.84. The van der Waals surface area contributed by atoms with Crippen LogP contribution in [-0.4, -0.2) is 13.1 Å². The highest BCUT2D eigenvalue weighted by Crippen LogP contribution is 2.36. The minimum atomic E-state index is -0.233. The maximum absolute atomic E-state index is 13.1. The maximum atomic E-state index is 13.1. The fourth-order valence-corrected chi connectivity index (χ4v) is 2.83. The molecular weight excluding hydrogens is 253 g/mol. The predicted octanol–water partition coefficient (Wildman–Crippen LogP) is 3.77. The standard InChI is InChI=1S/C14H16FNO.ClH/c1-9-14(10-4-6-16-7-5-10)12-3-2-11(15)8-13(12)17-9;/h2-3,8,10,16H,4-7H2,1H3;1H. The summed E-state index contributed by atoms with van der Waals surface area (Å²) in [7, 11) is 0. The highest BCUT2D eigenvalue weighted by molar-refractivity contribution is 5.85. The van der Waals surface area contributed by atoms with Crippen LogP contribution in [0.2, 0.25) is 0 Å². The van der Waals surface area contributed by atoms with Gasteiger partial charge >= 0.3 is 0 Å². The van der Waals surface area contributed by atoms with E-state index >= 15 is 0 Å². The summed E-state index contributed by atoms with van der Waals surface area (Å²) < 4.78 is 18.8. The first-order chi connectivity index (χ1) is 8.25. The topological polar surface area (TPSA) is 25.2 Å². The van der Waals surface area contributed by atoms with Crippen LogP contribution in [0, 0.1) is 12.7 Å². The zero-order valence-corrected chi connectivity index (χ0v) is 11.1. The van der Waals surface area contributed by atoms with Gasteiger partial charge < -0.3 is 9.73 Å². The third-order valence-electron chi connectivity index (χ3n) is 3.62. The molecule has 1 aliphatic rings. The monoisotopic (exact) mass is 269 g/mol. The largest absolute Gasteiger partial charge is 0.461 e. The first-order valence-corrected chi connectivity index (χ1v) is 6.15. The van der Waals surface area contributed by atoms with E-state index in [9.17, 15) is 4.39 Å². The van der Waals surface area contributed by atoms with Crippen LogP contribution in [0.4, 0.5) is 4.39 Å². The molecule has 18 heavy (non-hydrogen) atoms. The van der Waals surface area contributed by atoms with Crippen molar-refractivity contribution in [1.82, 2.24) is 5.32 Å². The molecule has 2 nitrogen and oxygen atoms in total. The average molecular weight is 270 g/mol. The van der Waals surface area contributed by atoms with Crippen molar-refractivity contribution < 1.29 is 8.81 Å². The Morgan fingerprint density at radius 3 is 2.72 bits per heavy atom. The van der Waals surface area contributed by atoms with Gasteiger partial charge in [-0.05, 0) is 50.9 Å². The van der Waals surface area contributed by atoms with Gasteiger partial charge in [0, 0.05) is 17.0 Å². The van der Waals surface area contributed by atoms with E-state index < -0.39 is 0 Å². The van der Waals surface area contributed by atoms with E-state index in [0.717, 1.165) is 37.1 Å². The molecule has 1 fully saturated rings. The quantitative estimate of drug-likeness (QED) is 0.853. The first kappa shape index (κ1) is 13.4. The molecule has 1 aromatic carbocycles. The minimum Gasteiger partial charge on any atom is -0.461 e. The van der Waals surface area contributed by atoms with Crippen molar-refractivity contribution in [2.75, 3.05) is 13.1 Å². The lowest BCUT2D eigenvalue weighted by Crippen LogP contribution is -2.26. The molecule has 1 aromatic heterocycles. The molecule has 0 amide bonds. The second kappa shape index (κ2) is 5.29. The van der Waals surface area contributed by atoms with Gasteiger partial charge in [0.05, 0.1) is 0 Å². The molecule has 4 heteroatoms. The summed E-state index contributed by atoms with van der Waals surface area (Å²) in [4.78, 5) is 0. The second-order valence-electron chi connectivity index (χ2n) is 4.74. The summed E-state index contributed by atoms with van der Waals surface area (Å²) in [6.45, 7) is 4.09. The van der Waals surface area contributed by atoms with Gasteiger partial charge in [-0.2, -0.15) is 0 Å². The number of aryl methyl sites for hydroxylation is 1. The fraction of sp³-hybridized carbons (Fsp3) is 0.429. The lowest BCUT2D eigenvalue weighted by molar-refractivity contribution is 0.452. The number of piperidine rings is 1. The highest BCUT2D eigenvalue weighted by Gasteiger charge is 2.22. The number of hydrogen-bond donors (Lipinski definition) is 1. The molecule has 2 aromatic rings. The Balaban J connectivity index is 0.00000120. The summed E-state index contributed by atoms with van der Waals surface area (Å²) in [6.07, 6.45) is 2.26. The lowest BCUT2D eigenvalue weighted by Gasteiger charge is -2.22. The van der Waals surface area contributed by atoms with Crippen LogP contribution in [0.1, 0.15) is 30.1 Å². The Labute approximate surface area is 112 Å². The lowest BCUT2D eigenvalue weighted by atomic mass is 9.88. The van der Waals surface area contributed by atoms with Crippen LogP contribution in [-0.2, 0) is 0 Å². The van der Waals surface area contributed by atoms with Gasteiger partial charge in [0.1, 0.15) is 17.2 Å². The molecule has 0 saturated carbocycles. The van der Waals surface area contributed by atoms with Gasteiger partial charge in [-0.25, -0.2) is 4.39 Å². The van der Waals surface area contributed by atoms with E-state index in [0.29, 0.717) is 11.5 Å². The molecular formula is C14H17ClFNO. The molecule has 1 saturated heterocycles. The number of halogens is 2. The molecule has 0 atom stereocenters. The number of furan rings is 1. The summed E-state index contributed by atoms with van der Waals surface area (Å²) in [5.41, 5.74) is 1.96. The number of rotatable bonds is 1. The molecule has 0 radical (unpaired) electrons. The molecule has 0 unspecified atom stereocenters. The number of fused-ring (bicyclic) bond motifs is 1. The molecule has 0 bridgehead atoms. The Hall–Kier alpha value is -1.06. The molecule has 0 spiro atoms. The van der Waals surface area contributed by atoms with Crippen LogP contribution >= 0.6 is 12.4 Å². The van der Waals surface area contributed by atoms with Crippen LogP contribution in [0.3, 0.4) is 0 Å². The molecule has 0 aliphatic carbocycles. The van der Waals surface area contributed by atoms with Crippen molar-refractivity contribution in [3.05, 3.63) is 35.3 Å². The average Bonchev–Trinajstić information content (AvgIpc) is 2.65. The van der Waals surface area contributed by atoms with Crippen LogP contribution in [0.5, 0.6) is 0 Å². The zero-order valence-electron chi connectivity index (χ0n) is 10.3. The molecule has 98 valence electrons. The summed E-state index contributed by atoms with van der Waals surface area (Å²) in [5, 5.41) is 4.44. The Bertz CT molecular complexity index is 546. The second-order valence-corrected chi connectivity index (χ2v) is 4.74.